The number of nitrogens with one attached hydrogen (secondary N) is 1. The zero-order valence-corrected chi connectivity index (χ0v) is 11.8. The molecule has 0 bridgehead atoms. The van der Waals surface area contributed by atoms with Gasteiger partial charge in [-0.05, 0) is 30.9 Å². The van der Waals surface area contributed by atoms with Crippen LogP contribution < -0.4 is 5.32 Å². The molecule has 1 saturated carbocycles. The average Bonchev–Trinajstić information content (AvgIpc) is 2.37. The molecule has 1 aromatic rings. The summed E-state index contributed by atoms with van der Waals surface area (Å²) in [6, 6.07) is 4.70. The summed E-state index contributed by atoms with van der Waals surface area (Å²) in [6.07, 6.45) is 4.54. The van der Waals surface area contributed by atoms with Crippen molar-refractivity contribution in [2.24, 2.45) is 5.92 Å². The van der Waals surface area contributed by atoms with Gasteiger partial charge in [0.1, 0.15) is 5.82 Å². The van der Waals surface area contributed by atoms with Gasteiger partial charge in [-0.15, -0.1) is 0 Å². The monoisotopic (exact) mass is 283 g/mol. The molecule has 1 amide bonds. The molecule has 0 aliphatic heterocycles. The zero-order valence-electron chi connectivity index (χ0n) is 11.1. The van der Waals surface area contributed by atoms with Crippen molar-refractivity contribution in [1.82, 2.24) is 5.32 Å². The molecule has 1 N–H and O–H groups in total. The molecular weight excluding hydrogens is 265 g/mol. The Balaban J connectivity index is 1.97. The molecule has 1 aliphatic carbocycles. The van der Waals surface area contributed by atoms with Crippen LogP contribution in [0.3, 0.4) is 0 Å². The van der Waals surface area contributed by atoms with Crippen molar-refractivity contribution in [2.45, 2.75) is 45.1 Å². The van der Waals surface area contributed by atoms with Crippen LogP contribution in [0.4, 0.5) is 4.39 Å². The van der Waals surface area contributed by atoms with Gasteiger partial charge < -0.3 is 5.32 Å². The summed E-state index contributed by atoms with van der Waals surface area (Å²) in [5.74, 6) is -0.0705. The van der Waals surface area contributed by atoms with Gasteiger partial charge in [-0.2, -0.15) is 0 Å². The highest BCUT2D eigenvalue weighted by molar-refractivity contribution is 6.31. The molecule has 0 heterocycles. The van der Waals surface area contributed by atoms with Gasteiger partial charge in [-0.1, -0.05) is 37.4 Å². The third-order valence-corrected chi connectivity index (χ3v) is 4.21. The maximum absolute atomic E-state index is 13.6. The van der Waals surface area contributed by atoms with Crippen LogP contribution in [-0.2, 0) is 11.2 Å². The first kappa shape index (κ1) is 14.3. The van der Waals surface area contributed by atoms with Gasteiger partial charge in [-0.3, -0.25) is 4.79 Å². The van der Waals surface area contributed by atoms with Gasteiger partial charge in [0.2, 0.25) is 5.91 Å². The van der Waals surface area contributed by atoms with E-state index in [9.17, 15) is 9.18 Å². The van der Waals surface area contributed by atoms with Crippen molar-refractivity contribution in [1.29, 1.82) is 0 Å². The third-order valence-electron chi connectivity index (χ3n) is 3.86. The molecule has 4 heteroatoms. The van der Waals surface area contributed by atoms with Crippen LogP contribution in [0.5, 0.6) is 0 Å². The van der Waals surface area contributed by atoms with E-state index < -0.39 is 5.82 Å². The highest BCUT2D eigenvalue weighted by atomic mass is 35.5. The summed E-state index contributed by atoms with van der Waals surface area (Å²) in [7, 11) is 0. The van der Waals surface area contributed by atoms with Crippen LogP contribution in [0.25, 0.3) is 0 Å². The average molecular weight is 284 g/mol. The molecule has 2 nitrogen and oxygen atoms in total. The van der Waals surface area contributed by atoms with Crippen LogP contribution >= 0.6 is 11.6 Å². The van der Waals surface area contributed by atoms with E-state index in [1.54, 1.807) is 12.1 Å². The maximum atomic E-state index is 13.6. The van der Waals surface area contributed by atoms with E-state index in [4.69, 9.17) is 11.6 Å². The molecule has 1 fully saturated rings. The summed E-state index contributed by atoms with van der Waals surface area (Å²) in [5.41, 5.74) is 0.283. The Morgan fingerprint density at radius 2 is 2.16 bits per heavy atom. The number of hydrogen-bond acceptors (Lipinski definition) is 1. The summed E-state index contributed by atoms with van der Waals surface area (Å²) < 4.78 is 13.6. The van der Waals surface area contributed by atoms with Crippen LogP contribution in [0.15, 0.2) is 18.2 Å². The Morgan fingerprint density at radius 3 is 2.84 bits per heavy atom. The van der Waals surface area contributed by atoms with Gasteiger partial charge in [0.25, 0.3) is 0 Å². The number of rotatable bonds is 3. The van der Waals surface area contributed by atoms with Gasteiger partial charge >= 0.3 is 0 Å². The second-order valence-corrected chi connectivity index (χ2v) is 5.72. The molecule has 2 atom stereocenters. The lowest BCUT2D eigenvalue weighted by Crippen LogP contribution is -2.41. The van der Waals surface area contributed by atoms with Gasteiger partial charge in [-0.25, -0.2) is 4.39 Å². The minimum atomic E-state index is -0.417. The van der Waals surface area contributed by atoms with E-state index in [2.05, 4.69) is 12.2 Å². The fraction of sp³-hybridized carbons (Fsp3) is 0.533. The maximum Gasteiger partial charge on any atom is 0.224 e. The van der Waals surface area contributed by atoms with Crippen LogP contribution in [0.2, 0.25) is 5.02 Å². The molecular formula is C15H19ClFNO. The fourth-order valence-corrected chi connectivity index (χ4v) is 2.88. The molecule has 1 aliphatic rings. The lowest BCUT2D eigenvalue weighted by Gasteiger charge is -2.29. The normalized spacial score (nSPS) is 23.1. The largest absolute Gasteiger partial charge is 0.353 e. The summed E-state index contributed by atoms with van der Waals surface area (Å²) in [4.78, 5) is 12.0. The van der Waals surface area contributed by atoms with E-state index in [-0.39, 0.29) is 23.9 Å². The summed E-state index contributed by atoms with van der Waals surface area (Å²) in [6.45, 7) is 2.15. The Morgan fingerprint density at radius 1 is 1.42 bits per heavy atom. The number of amides is 1. The summed E-state index contributed by atoms with van der Waals surface area (Å²) in [5, 5.41) is 3.32. The first-order valence-electron chi connectivity index (χ1n) is 6.80. The molecule has 2 rings (SSSR count). The second-order valence-electron chi connectivity index (χ2n) is 5.31. The van der Waals surface area contributed by atoms with Gasteiger partial charge in [0.05, 0.1) is 6.42 Å². The number of carbonyl (C=O) groups is 1. The highest BCUT2D eigenvalue weighted by Gasteiger charge is 2.23. The zero-order chi connectivity index (χ0) is 13.8. The van der Waals surface area contributed by atoms with E-state index in [1.807, 2.05) is 0 Å². The Hall–Kier alpha value is -1.09. The van der Waals surface area contributed by atoms with E-state index in [0.717, 1.165) is 19.3 Å². The highest BCUT2D eigenvalue weighted by Crippen LogP contribution is 2.24. The number of carbonyl (C=O) groups excluding carboxylic acids is 1. The molecule has 1 aromatic carbocycles. The number of benzene rings is 1. The van der Waals surface area contributed by atoms with Crippen LogP contribution in [0, 0.1) is 11.7 Å². The molecule has 19 heavy (non-hydrogen) atoms. The molecule has 0 spiro atoms. The molecule has 104 valence electrons. The van der Waals surface area contributed by atoms with Crippen molar-refractivity contribution in [3.8, 4) is 0 Å². The standard InChI is InChI=1S/C15H19ClFNO/c1-10-5-2-3-8-14(10)18-15(19)9-11-12(16)6-4-7-13(11)17/h4,6-7,10,14H,2-3,5,8-9H2,1H3,(H,18,19)/t10-,14-/m0/s1. The fourth-order valence-electron chi connectivity index (χ4n) is 2.65. The third kappa shape index (κ3) is 3.69. The first-order valence-corrected chi connectivity index (χ1v) is 7.18. The topological polar surface area (TPSA) is 29.1 Å². The molecule has 0 unspecified atom stereocenters. The summed E-state index contributed by atoms with van der Waals surface area (Å²) >= 11 is 5.93. The SMILES string of the molecule is C[C@H]1CCCC[C@@H]1NC(=O)Cc1c(F)cccc1Cl. The Kier molecular flexibility index (Phi) is 4.81. The number of halogens is 2. The minimum absolute atomic E-state index is 0.00866. The Bertz CT molecular complexity index is 443. The predicted octanol–water partition coefficient (Wildman–Crippen LogP) is 3.72. The van der Waals surface area contributed by atoms with Crippen molar-refractivity contribution in [3.63, 3.8) is 0 Å². The lowest BCUT2D eigenvalue weighted by molar-refractivity contribution is -0.121. The molecule has 0 aromatic heterocycles. The first-order chi connectivity index (χ1) is 9.08. The second kappa shape index (κ2) is 6.38. The minimum Gasteiger partial charge on any atom is -0.353 e. The van der Waals surface area contributed by atoms with Gasteiger partial charge in [0, 0.05) is 16.6 Å². The quantitative estimate of drug-likeness (QED) is 0.900. The molecule has 0 radical (unpaired) electrons. The van der Waals surface area contributed by atoms with E-state index in [0.29, 0.717) is 10.9 Å². The van der Waals surface area contributed by atoms with Gasteiger partial charge in [0.15, 0.2) is 0 Å². The van der Waals surface area contributed by atoms with Crippen molar-refractivity contribution < 1.29 is 9.18 Å². The smallest absolute Gasteiger partial charge is 0.224 e. The Labute approximate surface area is 118 Å². The van der Waals surface area contributed by atoms with Crippen LogP contribution in [-0.4, -0.2) is 11.9 Å². The van der Waals surface area contributed by atoms with Crippen LogP contribution in [0.1, 0.15) is 38.2 Å². The lowest BCUT2D eigenvalue weighted by atomic mass is 9.86. The van der Waals surface area contributed by atoms with E-state index >= 15 is 0 Å². The van der Waals surface area contributed by atoms with Crippen molar-refractivity contribution in [3.05, 3.63) is 34.6 Å². The number of hydrogen-bond donors (Lipinski definition) is 1. The van der Waals surface area contributed by atoms with Crippen molar-refractivity contribution >= 4 is 17.5 Å². The predicted molar refractivity (Wildman–Crippen MR) is 74.7 cm³/mol. The van der Waals surface area contributed by atoms with Crippen molar-refractivity contribution in [2.75, 3.05) is 0 Å². The van der Waals surface area contributed by atoms with E-state index in [1.165, 1.54) is 12.5 Å². The molecule has 0 saturated heterocycles.